The molecule has 7 heteroatoms. The molecule has 0 unspecified atom stereocenters. The minimum Gasteiger partial charge on any atom is -0.436 e. The van der Waals surface area contributed by atoms with Crippen LogP contribution in [0.15, 0.2) is 57.5 Å². The van der Waals surface area contributed by atoms with Crippen molar-refractivity contribution in [3.63, 3.8) is 0 Å². The normalized spacial score (nSPS) is 16.3. The van der Waals surface area contributed by atoms with Crippen molar-refractivity contribution in [1.82, 2.24) is 9.88 Å². The van der Waals surface area contributed by atoms with Crippen LogP contribution in [0.1, 0.15) is 19.7 Å². The predicted molar refractivity (Wildman–Crippen MR) is 114 cm³/mol. The van der Waals surface area contributed by atoms with Crippen LogP contribution in [-0.2, 0) is 4.79 Å². The lowest BCUT2D eigenvalue weighted by Crippen LogP contribution is -2.41. The van der Waals surface area contributed by atoms with Crippen molar-refractivity contribution < 1.29 is 9.21 Å². The lowest BCUT2D eigenvalue weighted by molar-refractivity contribution is -0.123. The molecule has 0 spiro atoms. The van der Waals surface area contributed by atoms with Crippen LogP contribution in [0.5, 0.6) is 0 Å². The van der Waals surface area contributed by atoms with Crippen LogP contribution in [0.25, 0.3) is 26.9 Å². The van der Waals surface area contributed by atoms with Gasteiger partial charge < -0.3 is 4.42 Å². The molecule has 1 aliphatic heterocycles. The zero-order valence-electron chi connectivity index (χ0n) is 15.2. The number of hydrogen-bond acceptors (Lipinski definition) is 6. The largest absolute Gasteiger partial charge is 0.436 e. The fourth-order valence-corrected chi connectivity index (χ4v) is 4.47. The van der Waals surface area contributed by atoms with Gasteiger partial charge in [0.15, 0.2) is 10.4 Å². The maximum atomic E-state index is 12.8. The second-order valence-electron chi connectivity index (χ2n) is 6.22. The maximum Gasteiger partial charge on any atom is 0.259 e. The number of fused-ring (bicyclic) bond motifs is 1. The Morgan fingerprint density at radius 2 is 2.11 bits per heavy atom. The van der Waals surface area contributed by atoms with E-state index in [1.807, 2.05) is 43.3 Å². The highest BCUT2D eigenvalue weighted by Crippen LogP contribution is 2.34. The Morgan fingerprint density at radius 1 is 1.36 bits per heavy atom. The highest BCUT2D eigenvalue weighted by Gasteiger charge is 2.32. The Balaban J connectivity index is 1.76. The van der Waals surface area contributed by atoms with Crippen LogP contribution in [0.3, 0.4) is 0 Å². The molecule has 0 saturated carbocycles. The number of aromatic nitrogens is 1. The third-order valence-corrected chi connectivity index (χ3v) is 6.06. The summed E-state index contributed by atoms with van der Waals surface area (Å²) in [5.41, 5.74) is 3.04. The molecule has 2 aromatic heterocycles. The third-order valence-electron chi connectivity index (χ3n) is 4.57. The first-order valence-electron chi connectivity index (χ1n) is 8.68. The number of rotatable bonds is 3. The average molecular weight is 406 g/mol. The van der Waals surface area contributed by atoms with Gasteiger partial charge in [0, 0.05) is 29.1 Å². The second-order valence-corrected chi connectivity index (χ2v) is 7.64. The number of hydrogen-bond donors (Lipinski definition) is 0. The molecule has 0 aliphatic carbocycles. The fraction of sp³-hybridized carbons (Fsp3) is 0.143. The van der Waals surface area contributed by atoms with Crippen LogP contribution in [0, 0.1) is 11.3 Å². The zero-order chi connectivity index (χ0) is 19.8. The molecule has 0 saturated heterocycles. The number of amides is 1. The third kappa shape index (κ3) is 2.97. The minimum atomic E-state index is -0.240. The Bertz CT molecular complexity index is 1180. The van der Waals surface area contributed by atoms with Crippen LogP contribution in [0.4, 0.5) is 0 Å². The number of carbonyl (C=O) groups is 1. The van der Waals surface area contributed by atoms with Gasteiger partial charge in [0.05, 0.1) is 5.57 Å². The van der Waals surface area contributed by atoms with Gasteiger partial charge in [-0.05, 0) is 25.0 Å². The van der Waals surface area contributed by atoms with E-state index in [9.17, 15) is 10.1 Å². The molecular formula is C21H15N3O2S2. The summed E-state index contributed by atoms with van der Waals surface area (Å²) in [7, 11) is 0. The van der Waals surface area contributed by atoms with Crippen molar-refractivity contribution in [2.75, 3.05) is 6.54 Å². The van der Waals surface area contributed by atoms with Gasteiger partial charge in [0.1, 0.15) is 11.1 Å². The summed E-state index contributed by atoms with van der Waals surface area (Å²) in [5, 5.41) is 9.44. The van der Waals surface area contributed by atoms with Crippen molar-refractivity contribution in [1.29, 1.82) is 5.26 Å². The second kappa shape index (κ2) is 7.15. The van der Waals surface area contributed by atoms with Gasteiger partial charge in [0.2, 0.25) is 5.89 Å². The van der Waals surface area contributed by atoms with E-state index in [1.165, 1.54) is 16.2 Å². The van der Waals surface area contributed by atoms with Gasteiger partial charge in [-0.2, -0.15) is 10.2 Å². The number of thiophene rings is 1. The van der Waals surface area contributed by atoms with E-state index in [-0.39, 0.29) is 10.9 Å². The highest BCUT2D eigenvalue weighted by atomic mass is 32.1. The Labute approximate surface area is 171 Å². The van der Waals surface area contributed by atoms with Gasteiger partial charge in [-0.3, -0.25) is 9.69 Å². The number of nitrogens with zero attached hydrogens (tertiary/aromatic N) is 3. The van der Waals surface area contributed by atoms with Crippen LogP contribution < -0.4 is 0 Å². The van der Waals surface area contributed by atoms with Crippen LogP contribution >= 0.6 is 23.6 Å². The molecule has 1 aliphatic rings. The molecule has 1 aromatic carbocycles. The summed E-state index contributed by atoms with van der Waals surface area (Å²) in [6, 6.07) is 14.1. The van der Waals surface area contributed by atoms with Crippen molar-refractivity contribution in [3.05, 3.63) is 59.0 Å². The summed E-state index contributed by atoms with van der Waals surface area (Å²) < 4.78 is 5.85. The van der Waals surface area contributed by atoms with E-state index < -0.39 is 0 Å². The van der Waals surface area contributed by atoms with Gasteiger partial charge in [-0.25, -0.2) is 0 Å². The van der Waals surface area contributed by atoms with Gasteiger partial charge in [-0.15, -0.1) is 11.3 Å². The van der Waals surface area contributed by atoms with Gasteiger partial charge in [-0.1, -0.05) is 42.5 Å². The molecule has 0 radical (unpaired) electrons. The number of nitriles is 1. The summed E-state index contributed by atoms with van der Waals surface area (Å²) in [6.07, 6.45) is 1.59. The molecule has 0 atom stereocenters. The average Bonchev–Trinajstić information content (AvgIpc) is 3.25. The number of likely N-dealkylation sites (N-methyl/N-ethyl adjacent to an activating group) is 1. The lowest BCUT2D eigenvalue weighted by Gasteiger charge is -2.28. The van der Waals surface area contributed by atoms with Gasteiger partial charge >= 0.3 is 0 Å². The van der Waals surface area contributed by atoms with E-state index >= 15 is 0 Å². The first-order chi connectivity index (χ1) is 13.5. The van der Waals surface area contributed by atoms with Crippen molar-refractivity contribution in [2.45, 2.75) is 13.8 Å². The number of carbonyl (C=O) groups excluding carboxylic acids is 1. The number of thiocarbonyl (C=S) groups is 1. The summed E-state index contributed by atoms with van der Waals surface area (Å²) >= 11 is 6.81. The quantitative estimate of drug-likeness (QED) is 0.454. The molecule has 3 heterocycles. The van der Waals surface area contributed by atoms with Crippen molar-refractivity contribution in [3.8, 4) is 16.5 Å². The van der Waals surface area contributed by atoms with E-state index in [0.29, 0.717) is 34.7 Å². The molecule has 5 nitrogen and oxygen atoms in total. The molecule has 0 N–H and O–H groups in total. The SMILES string of the molecule is CCN1C(=O)/C(=C\c2nc3sc(-c4ccccc4)cc3o2)C(C)=C(C#N)C1=S. The summed E-state index contributed by atoms with van der Waals surface area (Å²) in [5.74, 6) is 0.0975. The number of benzene rings is 1. The molecule has 138 valence electrons. The molecule has 0 fully saturated rings. The smallest absolute Gasteiger partial charge is 0.259 e. The molecule has 0 bridgehead atoms. The molecule has 4 rings (SSSR count). The van der Waals surface area contributed by atoms with E-state index in [0.717, 1.165) is 15.3 Å². The van der Waals surface area contributed by atoms with E-state index in [1.54, 1.807) is 13.0 Å². The first-order valence-corrected chi connectivity index (χ1v) is 9.91. The van der Waals surface area contributed by atoms with Crippen molar-refractivity contribution in [2.24, 2.45) is 0 Å². The maximum absolute atomic E-state index is 12.8. The monoisotopic (exact) mass is 405 g/mol. The fourth-order valence-electron chi connectivity index (χ4n) is 3.10. The van der Waals surface area contributed by atoms with E-state index in [2.05, 4.69) is 11.1 Å². The van der Waals surface area contributed by atoms with Crippen LogP contribution in [0.2, 0.25) is 0 Å². The Kier molecular flexibility index (Phi) is 4.67. The van der Waals surface area contributed by atoms with Gasteiger partial charge in [0.25, 0.3) is 5.91 Å². The topological polar surface area (TPSA) is 70.1 Å². The zero-order valence-corrected chi connectivity index (χ0v) is 16.9. The lowest BCUT2D eigenvalue weighted by atomic mass is 9.95. The Morgan fingerprint density at radius 3 is 2.75 bits per heavy atom. The number of oxazole rings is 1. The summed E-state index contributed by atoms with van der Waals surface area (Å²) in [4.78, 5) is 20.8. The van der Waals surface area contributed by atoms with E-state index in [4.69, 9.17) is 16.6 Å². The molecule has 28 heavy (non-hydrogen) atoms. The van der Waals surface area contributed by atoms with Crippen LogP contribution in [-0.4, -0.2) is 27.3 Å². The summed E-state index contributed by atoms with van der Waals surface area (Å²) in [6.45, 7) is 3.94. The standard InChI is InChI=1S/C21H15N3O2S2/c1-3-24-20(25)14(12(2)15(11-22)21(24)27)9-18-23-19-16(26-18)10-17(28-19)13-7-5-4-6-8-13/h4-10H,3H2,1-2H3/b14-9-. The van der Waals surface area contributed by atoms with Crippen molar-refractivity contribution >= 4 is 50.9 Å². The molecular weight excluding hydrogens is 390 g/mol. The Hall–Kier alpha value is -3.08. The minimum absolute atomic E-state index is 0.240. The molecule has 3 aromatic rings. The molecule has 1 amide bonds. The first kappa shape index (κ1) is 18.3. The predicted octanol–water partition coefficient (Wildman–Crippen LogP) is 4.97. The highest BCUT2D eigenvalue weighted by molar-refractivity contribution is 7.80.